The molecule has 4 N–H and O–H groups in total. The Bertz CT molecular complexity index is 1220. The van der Waals surface area contributed by atoms with Gasteiger partial charge in [0.1, 0.15) is 6.33 Å². The van der Waals surface area contributed by atoms with Crippen LogP contribution in [0.3, 0.4) is 0 Å². The molecule has 0 unspecified atom stereocenters. The second kappa shape index (κ2) is 7.24. The van der Waals surface area contributed by atoms with E-state index in [0.29, 0.717) is 22.7 Å². The molecule has 9 nitrogen and oxygen atoms in total. The molecule has 0 aliphatic heterocycles. The summed E-state index contributed by atoms with van der Waals surface area (Å²) in [6.45, 7) is 0.0779. The number of nitrogen functional groups attached to an aromatic ring is 1. The molecule has 0 radical (unpaired) electrons. The fourth-order valence-corrected chi connectivity index (χ4v) is 5.31. The highest BCUT2D eigenvalue weighted by Crippen LogP contribution is 2.37. The van der Waals surface area contributed by atoms with Crippen LogP contribution < -0.4 is 10.9 Å². The SMILES string of the molecule is Nc1ncnc2c1nc(Sc1cc3c(cc1I)CCC3=O)n2CCS(N)(=O)=O. The molecule has 0 atom stereocenters. The first-order chi connectivity index (χ1) is 13.2. The van der Waals surface area contributed by atoms with Gasteiger partial charge >= 0.3 is 0 Å². The van der Waals surface area contributed by atoms with Gasteiger partial charge in [0.25, 0.3) is 0 Å². The molecule has 0 saturated heterocycles. The van der Waals surface area contributed by atoms with Crippen LogP contribution in [-0.4, -0.2) is 39.5 Å². The highest BCUT2D eigenvalue weighted by Gasteiger charge is 2.23. The smallest absolute Gasteiger partial charge is 0.210 e. The summed E-state index contributed by atoms with van der Waals surface area (Å²) in [5.41, 5.74) is 8.52. The predicted molar refractivity (Wildman–Crippen MR) is 114 cm³/mol. The fraction of sp³-hybridized carbons (Fsp3) is 0.250. The molecule has 1 aromatic carbocycles. The van der Waals surface area contributed by atoms with Crippen LogP contribution in [0.5, 0.6) is 0 Å². The number of hydrogen-bond donors (Lipinski definition) is 2. The Labute approximate surface area is 178 Å². The van der Waals surface area contributed by atoms with Crippen LogP contribution in [0.1, 0.15) is 22.3 Å². The van der Waals surface area contributed by atoms with Crippen molar-refractivity contribution in [2.24, 2.45) is 5.14 Å². The number of benzene rings is 1. The van der Waals surface area contributed by atoms with Gasteiger partial charge in [-0.1, -0.05) is 11.8 Å². The molecule has 2 aromatic heterocycles. The quantitative estimate of drug-likeness (QED) is 0.473. The minimum Gasteiger partial charge on any atom is -0.382 e. The third kappa shape index (κ3) is 3.73. The summed E-state index contributed by atoms with van der Waals surface area (Å²) in [5.74, 6) is 0.0708. The molecular formula is C16H15IN6O3S2. The zero-order valence-corrected chi connectivity index (χ0v) is 18.2. The van der Waals surface area contributed by atoms with Gasteiger partial charge in [0.05, 0.1) is 5.75 Å². The van der Waals surface area contributed by atoms with Crippen LogP contribution in [0.25, 0.3) is 11.2 Å². The van der Waals surface area contributed by atoms with Crippen LogP contribution in [0.15, 0.2) is 28.5 Å². The van der Waals surface area contributed by atoms with Gasteiger partial charge in [0.15, 0.2) is 27.9 Å². The summed E-state index contributed by atoms with van der Waals surface area (Å²) in [6.07, 6.45) is 2.59. The van der Waals surface area contributed by atoms with Gasteiger partial charge in [0.2, 0.25) is 10.0 Å². The number of aryl methyl sites for hydroxylation is 2. The fourth-order valence-electron chi connectivity index (χ4n) is 3.05. The number of sulfonamides is 1. The Morgan fingerprint density at radius 3 is 2.79 bits per heavy atom. The Morgan fingerprint density at radius 1 is 1.25 bits per heavy atom. The molecule has 4 rings (SSSR count). The summed E-state index contributed by atoms with van der Waals surface area (Å²) >= 11 is 3.55. The minimum absolute atomic E-state index is 0.0779. The summed E-state index contributed by atoms with van der Waals surface area (Å²) in [6, 6.07) is 3.88. The molecule has 28 heavy (non-hydrogen) atoms. The highest BCUT2D eigenvalue weighted by molar-refractivity contribution is 14.1. The Hall–Kier alpha value is -1.77. The average Bonchev–Trinajstić information content (AvgIpc) is 3.15. The third-order valence-corrected chi connectivity index (χ3v) is 7.47. The molecule has 0 spiro atoms. The number of hydrogen-bond acceptors (Lipinski definition) is 8. The molecule has 1 aliphatic rings. The number of anilines is 1. The molecular weight excluding hydrogens is 515 g/mol. The lowest BCUT2D eigenvalue weighted by Gasteiger charge is -2.10. The van der Waals surface area contributed by atoms with Gasteiger partial charge in [-0.3, -0.25) is 4.79 Å². The van der Waals surface area contributed by atoms with Crippen molar-refractivity contribution >= 4 is 67.1 Å². The Morgan fingerprint density at radius 2 is 2.04 bits per heavy atom. The van der Waals surface area contributed by atoms with E-state index in [9.17, 15) is 13.2 Å². The first kappa shape index (κ1) is 19.5. The lowest BCUT2D eigenvalue weighted by molar-refractivity contribution is 0.0994. The van der Waals surface area contributed by atoms with Gasteiger partial charge in [-0.05, 0) is 46.7 Å². The van der Waals surface area contributed by atoms with E-state index in [1.807, 2.05) is 12.1 Å². The van der Waals surface area contributed by atoms with Crippen molar-refractivity contribution in [2.75, 3.05) is 11.5 Å². The van der Waals surface area contributed by atoms with Gasteiger partial charge in [0, 0.05) is 27.0 Å². The Kier molecular flexibility index (Phi) is 5.05. The second-order valence-corrected chi connectivity index (χ2v) is 10.2. The maximum Gasteiger partial charge on any atom is 0.210 e. The normalized spacial score (nSPS) is 14.0. The molecule has 3 aromatic rings. The first-order valence-corrected chi connectivity index (χ1v) is 11.8. The van der Waals surface area contributed by atoms with Crippen LogP contribution in [-0.2, 0) is 23.0 Å². The standard InChI is InChI=1S/C16H15IN6O3S2/c17-10-5-8-1-2-11(24)9(8)6-12(10)27-16-22-13-14(18)20-7-21-15(13)23(16)3-4-28(19,25)26/h5-7H,1-4H2,(H2,18,20,21)(H2,19,25,26). The minimum atomic E-state index is -3.67. The highest BCUT2D eigenvalue weighted by atomic mass is 127. The number of rotatable bonds is 5. The first-order valence-electron chi connectivity index (χ1n) is 8.23. The van der Waals surface area contributed by atoms with Crippen molar-refractivity contribution in [3.05, 3.63) is 33.2 Å². The largest absolute Gasteiger partial charge is 0.382 e. The maximum absolute atomic E-state index is 12.1. The molecule has 0 saturated carbocycles. The number of Topliss-reactive ketones (excluding diaryl/α,β-unsaturated/α-hetero) is 1. The maximum atomic E-state index is 12.1. The average molecular weight is 530 g/mol. The number of carbonyl (C=O) groups is 1. The number of primary sulfonamides is 1. The van der Waals surface area contributed by atoms with Gasteiger partial charge in [-0.15, -0.1) is 0 Å². The summed E-state index contributed by atoms with van der Waals surface area (Å²) in [5, 5.41) is 5.67. The van der Waals surface area contributed by atoms with Crippen molar-refractivity contribution < 1.29 is 13.2 Å². The van der Waals surface area contributed by atoms with E-state index in [1.54, 1.807) is 4.57 Å². The number of carbonyl (C=O) groups excluding carboxylic acids is 1. The number of halogens is 1. The second-order valence-electron chi connectivity index (χ2n) is 6.31. The van der Waals surface area contributed by atoms with Gasteiger partial charge < -0.3 is 10.3 Å². The molecule has 12 heteroatoms. The topological polar surface area (TPSA) is 147 Å². The van der Waals surface area contributed by atoms with Gasteiger partial charge in [-0.25, -0.2) is 28.5 Å². The zero-order chi connectivity index (χ0) is 20.1. The third-order valence-electron chi connectivity index (χ3n) is 4.41. The number of nitrogens with zero attached hydrogens (tertiary/aromatic N) is 4. The number of fused-ring (bicyclic) bond motifs is 2. The lowest BCUT2D eigenvalue weighted by atomic mass is 10.1. The van der Waals surface area contributed by atoms with E-state index in [1.165, 1.54) is 18.1 Å². The number of aromatic nitrogens is 4. The molecule has 1 aliphatic carbocycles. The van der Waals surface area contributed by atoms with E-state index in [4.69, 9.17) is 10.9 Å². The molecule has 0 bridgehead atoms. The summed E-state index contributed by atoms with van der Waals surface area (Å²) in [4.78, 5) is 25.6. The molecule has 0 fully saturated rings. The Balaban J connectivity index is 1.79. The number of ketones is 1. The van der Waals surface area contributed by atoms with Crippen LogP contribution in [0.4, 0.5) is 5.82 Å². The van der Waals surface area contributed by atoms with Crippen LogP contribution in [0.2, 0.25) is 0 Å². The number of imidazole rings is 1. The van der Waals surface area contributed by atoms with Crippen molar-refractivity contribution in [1.82, 2.24) is 19.5 Å². The predicted octanol–water partition coefficient (Wildman–Crippen LogP) is 1.58. The monoisotopic (exact) mass is 530 g/mol. The van der Waals surface area contributed by atoms with E-state index in [2.05, 4.69) is 37.5 Å². The van der Waals surface area contributed by atoms with E-state index >= 15 is 0 Å². The van der Waals surface area contributed by atoms with Crippen molar-refractivity contribution in [2.45, 2.75) is 29.4 Å². The zero-order valence-electron chi connectivity index (χ0n) is 14.4. The van der Waals surface area contributed by atoms with Crippen molar-refractivity contribution in [3.63, 3.8) is 0 Å². The van der Waals surface area contributed by atoms with Crippen LogP contribution >= 0.6 is 34.4 Å². The van der Waals surface area contributed by atoms with E-state index < -0.39 is 10.0 Å². The van der Waals surface area contributed by atoms with Crippen molar-refractivity contribution in [1.29, 1.82) is 0 Å². The molecule has 146 valence electrons. The summed E-state index contributed by atoms with van der Waals surface area (Å²) in [7, 11) is -3.67. The molecule has 0 amide bonds. The number of nitrogens with two attached hydrogens (primary N) is 2. The van der Waals surface area contributed by atoms with E-state index in [0.717, 1.165) is 26.0 Å². The lowest BCUT2D eigenvalue weighted by Crippen LogP contribution is -2.20. The molecule has 2 heterocycles. The summed E-state index contributed by atoms with van der Waals surface area (Å²) < 4.78 is 25.6. The van der Waals surface area contributed by atoms with E-state index in [-0.39, 0.29) is 23.9 Å². The van der Waals surface area contributed by atoms with Crippen molar-refractivity contribution in [3.8, 4) is 0 Å². The van der Waals surface area contributed by atoms with Gasteiger partial charge in [-0.2, -0.15) is 0 Å². The van der Waals surface area contributed by atoms with Crippen LogP contribution in [0, 0.1) is 3.57 Å².